The number of nitrogens with zero attached hydrogens (tertiary/aromatic N) is 2. The summed E-state index contributed by atoms with van der Waals surface area (Å²) in [7, 11) is 1.29. The third-order valence-electron chi connectivity index (χ3n) is 7.73. The number of carbonyl (C=O) groups excluding carboxylic acids is 4. The van der Waals surface area contributed by atoms with Crippen LogP contribution in [-0.4, -0.2) is 61.9 Å². The number of halogens is 3. The minimum atomic E-state index is -1.96. The van der Waals surface area contributed by atoms with Gasteiger partial charge in [-0.2, -0.15) is 0 Å². The van der Waals surface area contributed by atoms with Crippen LogP contribution in [0.5, 0.6) is 5.75 Å². The molecule has 0 bridgehead atoms. The lowest BCUT2D eigenvalue weighted by molar-refractivity contribution is -0.141. The van der Waals surface area contributed by atoms with E-state index in [1.54, 1.807) is 13.0 Å². The molecule has 1 N–H and O–H groups in total. The lowest BCUT2D eigenvalue weighted by Crippen LogP contribution is -2.60. The van der Waals surface area contributed by atoms with Crippen LogP contribution in [0.1, 0.15) is 31.2 Å². The van der Waals surface area contributed by atoms with E-state index in [-0.39, 0.29) is 36.8 Å². The Kier molecular flexibility index (Phi) is 4.76. The van der Waals surface area contributed by atoms with Crippen LogP contribution in [-0.2, 0) is 19.2 Å². The Balaban J connectivity index is 1.74. The van der Waals surface area contributed by atoms with Crippen molar-refractivity contribution in [1.82, 2.24) is 9.80 Å². The summed E-state index contributed by atoms with van der Waals surface area (Å²) in [6.45, 7) is 1.94. The first kappa shape index (κ1) is 22.3. The predicted octanol–water partition coefficient (Wildman–Crippen LogP) is 2.54. The first-order valence-electron chi connectivity index (χ1n) is 10.7. The van der Waals surface area contributed by atoms with E-state index in [2.05, 4.69) is 0 Å². The highest BCUT2D eigenvalue weighted by Crippen LogP contribution is 2.65. The van der Waals surface area contributed by atoms with Gasteiger partial charge in [0.25, 0.3) is 11.8 Å². The largest absolute Gasteiger partial charge is 0.505 e. The lowest BCUT2D eigenvalue weighted by atomic mass is 9.56. The maximum Gasteiger partial charge on any atom is 0.253 e. The van der Waals surface area contributed by atoms with Crippen molar-refractivity contribution in [3.63, 3.8) is 0 Å². The second-order valence-electron chi connectivity index (χ2n) is 9.13. The fourth-order valence-corrected chi connectivity index (χ4v) is 7.22. The molecule has 0 spiro atoms. The minimum absolute atomic E-state index is 0.104. The van der Waals surface area contributed by atoms with E-state index in [1.807, 2.05) is 0 Å². The molecule has 0 unspecified atom stereocenters. The smallest absolute Gasteiger partial charge is 0.253 e. The first-order chi connectivity index (χ1) is 15.5. The van der Waals surface area contributed by atoms with Crippen LogP contribution in [0.3, 0.4) is 0 Å². The summed E-state index contributed by atoms with van der Waals surface area (Å²) in [5, 5.41) is 9.69. The molecular formula is C23H21Cl2FN2O5. The Hall–Kier alpha value is -2.45. The van der Waals surface area contributed by atoms with Crippen LogP contribution < -0.4 is 0 Å². The van der Waals surface area contributed by atoms with Gasteiger partial charge in [0.05, 0.1) is 11.8 Å². The van der Waals surface area contributed by atoms with Crippen molar-refractivity contribution in [2.24, 2.45) is 17.8 Å². The standard InChI is InChI=1S/C23H21Cl2FN2O5/c1-3-28-18(30)12-6-5-11-13(16(12)19(28)31)9-22(24)20(32)27(2)21(33)23(22,25)17(11)10-4-7-15(29)14(26)8-10/h4-5,7-8,12-13,16-17,29H,3,6,9H2,1-2H3/t12-,13+,16-,17-,22+,23-/m0/s1. The van der Waals surface area contributed by atoms with E-state index >= 15 is 0 Å². The van der Waals surface area contributed by atoms with Gasteiger partial charge in [0.1, 0.15) is 0 Å². The van der Waals surface area contributed by atoms with Crippen LogP contribution in [0.4, 0.5) is 4.39 Å². The van der Waals surface area contributed by atoms with Gasteiger partial charge in [-0.3, -0.25) is 29.0 Å². The zero-order valence-electron chi connectivity index (χ0n) is 17.8. The van der Waals surface area contributed by atoms with Crippen molar-refractivity contribution in [3.05, 3.63) is 41.2 Å². The van der Waals surface area contributed by atoms with Crippen molar-refractivity contribution >= 4 is 46.8 Å². The number of carbonyl (C=O) groups is 4. The van der Waals surface area contributed by atoms with Crippen LogP contribution in [0.15, 0.2) is 29.8 Å². The summed E-state index contributed by atoms with van der Waals surface area (Å²) >= 11 is 13.9. The number of hydrogen-bond acceptors (Lipinski definition) is 5. The monoisotopic (exact) mass is 494 g/mol. The highest BCUT2D eigenvalue weighted by molar-refractivity contribution is 6.53. The molecule has 3 fully saturated rings. The summed E-state index contributed by atoms with van der Waals surface area (Å²) in [4.78, 5) is 50.8. The van der Waals surface area contributed by atoms with Gasteiger partial charge >= 0.3 is 0 Å². The van der Waals surface area contributed by atoms with Gasteiger partial charge in [-0.15, -0.1) is 23.2 Å². The number of likely N-dealkylation sites (tertiary alicyclic amines) is 2. The Morgan fingerprint density at radius 2 is 1.82 bits per heavy atom. The van der Waals surface area contributed by atoms with E-state index in [4.69, 9.17) is 23.2 Å². The van der Waals surface area contributed by atoms with E-state index in [0.29, 0.717) is 5.57 Å². The lowest BCUT2D eigenvalue weighted by Gasteiger charge is -2.50. The molecule has 4 aliphatic rings. The molecule has 174 valence electrons. The van der Waals surface area contributed by atoms with Crippen LogP contribution >= 0.6 is 23.2 Å². The molecule has 33 heavy (non-hydrogen) atoms. The molecule has 2 saturated heterocycles. The predicted molar refractivity (Wildman–Crippen MR) is 116 cm³/mol. The maximum atomic E-state index is 14.4. The Labute approximate surface area is 199 Å². The van der Waals surface area contributed by atoms with Crippen LogP contribution in [0.2, 0.25) is 0 Å². The molecule has 2 aliphatic carbocycles. The molecule has 5 rings (SSSR count). The maximum absolute atomic E-state index is 14.4. The van der Waals surface area contributed by atoms with Crippen LogP contribution in [0, 0.1) is 23.6 Å². The molecule has 0 aromatic heterocycles. The molecule has 2 aliphatic heterocycles. The number of rotatable bonds is 2. The quantitative estimate of drug-likeness (QED) is 0.387. The highest BCUT2D eigenvalue weighted by Gasteiger charge is 2.75. The van der Waals surface area contributed by atoms with Gasteiger partial charge in [-0.05, 0) is 43.4 Å². The molecule has 2 heterocycles. The third kappa shape index (κ3) is 2.56. The van der Waals surface area contributed by atoms with Crippen molar-refractivity contribution in [2.45, 2.75) is 35.4 Å². The number of alkyl halides is 2. The molecule has 6 atom stereocenters. The summed E-state index contributed by atoms with van der Waals surface area (Å²) in [5.41, 5.74) is 0.837. The highest BCUT2D eigenvalue weighted by atomic mass is 35.5. The molecule has 10 heteroatoms. The van der Waals surface area contributed by atoms with Gasteiger partial charge < -0.3 is 5.11 Å². The minimum Gasteiger partial charge on any atom is -0.505 e. The van der Waals surface area contributed by atoms with Crippen molar-refractivity contribution in [2.75, 3.05) is 13.6 Å². The van der Waals surface area contributed by atoms with E-state index < -0.39 is 56.8 Å². The zero-order chi connectivity index (χ0) is 24.0. The summed E-state index contributed by atoms with van der Waals surface area (Å²) in [6.07, 6.45) is 1.94. The van der Waals surface area contributed by atoms with Gasteiger partial charge in [-0.1, -0.05) is 17.7 Å². The normalized spacial score (nSPS) is 37.8. The van der Waals surface area contributed by atoms with Crippen LogP contribution in [0.25, 0.3) is 0 Å². The SMILES string of the molecule is CCN1C(=O)[C@H]2[C@H](CC=C3[C@H]2C[C@@]2(Cl)C(=O)N(C)C(=O)[C@@]2(Cl)[C@H]3c2ccc(O)c(F)c2)C1=O. The Morgan fingerprint density at radius 3 is 2.45 bits per heavy atom. The van der Waals surface area contributed by atoms with Gasteiger partial charge in [-0.25, -0.2) is 4.39 Å². The number of amides is 4. The number of benzene rings is 1. The van der Waals surface area contributed by atoms with E-state index in [1.165, 1.54) is 18.0 Å². The fourth-order valence-electron chi connectivity index (χ4n) is 6.20. The number of phenolic OH excluding ortho intramolecular Hbond substituents is 1. The third-order valence-corrected chi connectivity index (χ3v) is 9.14. The zero-order valence-corrected chi connectivity index (χ0v) is 19.4. The van der Waals surface area contributed by atoms with Crippen molar-refractivity contribution in [1.29, 1.82) is 0 Å². The average molecular weight is 495 g/mol. The summed E-state index contributed by atoms with van der Waals surface area (Å²) < 4.78 is 14.4. The van der Waals surface area contributed by atoms with Gasteiger partial charge in [0, 0.05) is 19.5 Å². The molecule has 7 nitrogen and oxygen atoms in total. The number of imide groups is 2. The van der Waals surface area contributed by atoms with E-state index in [9.17, 15) is 28.7 Å². The summed E-state index contributed by atoms with van der Waals surface area (Å²) in [5.74, 6) is -6.52. The van der Waals surface area contributed by atoms with Gasteiger partial charge in [0.15, 0.2) is 21.3 Å². The second-order valence-corrected chi connectivity index (χ2v) is 10.4. The van der Waals surface area contributed by atoms with E-state index in [0.717, 1.165) is 17.0 Å². The van der Waals surface area contributed by atoms with Gasteiger partial charge in [0.2, 0.25) is 11.8 Å². The number of fused-ring (bicyclic) bond motifs is 4. The number of hydrogen-bond donors (Lipinski definition) is 1. The van der Waals surface area contributed by atoms with Crippen molar-refractivity contribution < 1.29 is 28.7 Å². The molecule has 0 radical (unpaired) electrons. The molecule has 1 saturated carbocycles. The number of phenols is 1. The summed E-state index contributed by atoms with van der Waals surface area (Å²) in [6, 6.07) is 3.63. The Morgan fingerprint density at radius 1 is 1.12 bits per heavy atom. The Bertz CT molecular complexity index is 1170. The molecule has 1 aromatic rings. The fraction of sp³-hybridized carbons (Fsp3) is 0.478. The number of allylic oxidation sites excluding steroid dienone is 2. The first-order valence-corrected chi connectivity index (χ1v) is 11.5. The topological polar surface area (TPSA) is 95.0 Å². The molecular weight excluding hydrogens is 474 g/mol. The average Bonchev–Trinajstić information content (AvgIpc) is 3.10. The molecule has 4 amide bonds. The molecule has 1 aromatic carbocycles. The van der Waals surface area contributed by atoms with Crippen molar-refractivity contribution in [3.8, 4) is 5.75 Å². The second kappa shape index (κ2) is 7.03. The number of aromatic hydroxyl groups is 1.